The van der Waals surface area contributed by atoms with Crippen LogP contribution in [0, 0.1) is 5.82 Å². The Morgan fingerprint density at radius 2 is 1.85 bits per heavy atom. The van der Waals surface area contributed by atoms with Crippen LogP contribution in [0.5, 0.6) is 0 Å². The lowest BCUT2D eigenvalue weighted by Crippen LogP contribution is -2.25. The van der Waals surface area contributed by atoms with Gasteiger partial charge in [0.05, 0.1) is 23.0 Å². The van der Waals surface area contributed by atoms with E-state index in [1.165, 1.54) is 30.9 Å². The zero-order valence-corrected chi connectivity index (χ0v) is 27.9. The number of likely N-dealkylation sites (tertiary alicyclic amines) is 1. The van der Waals surface area contributed by atoms with E-state index >= 15 is 4.39 Å². The van der Waals surface area contributed by atoms with E-state index in [-0.39, 0.29) is 34.3 Å². The number of carbonyl (C=O) groups is 1. The molecule has 11 nitrogen and oxygen atoms in total. The summed E-state index contributed by atoms with van der Waals surface area (Å²) in [4.78, 5) is 45.8. The van der Waals surface area contributed by atoms with Crippen molar-refractivity contribution in [2.24, 2.45) is 7.05 Å². The van der Waals surface area contributed by atoms with E-state index < -0.39 is 17.3 Å². The molecule has 3 aromatic heterocycles. The van der Waals surface area contributed by atoms with Crippen molar-refractivity contribution in [3.8, 4) is 16.9 Å². The van der Waals surface area contributed by atoms with Gasteiger partial charge >= 0.3 is 5.97 Å². The molecule has 5 aromatic rings. The SMILES string of the molecule is CC(=O)OCc1c(-c2cc(Nc3ccc([C@@H]4CCN(C)C4)cn3)c(=O)n(C)n2)cccc1-n1ncc2cc(C(C)(C)C)cc(F)c2c1=O. The number of ether oxygens (including phenoxy) is 1. The summed E-state index contributed by atoms with van der Waals surface area (Å²) in [6.45, 7) is 8.96. The maximum Gasteiger partial charge on any atom is 0.302 e. The third kappa shape index (κ3) is 6.48. The van der Waals surface area contributed by atoms with Crippen LogP contribution in [0.2, 0.25) is 0 Å². The topological polar surface area (TPSA) is 124 Å². The van der Waals surface area contributed by atoms with Crippen LogP contribution in [0.4, 0.5) is 15.9 Å². The average molecular weight is 652 g/mol. The fourth-order valence-corrected chi connectivity index (χ4v) is 6.07. The highest BCUT2D eigenvalue weighted by Gasteiger charge is 2.23. The Morgan fingerprint density at radius 1 is 1.06 bits per heavy atom. The zero-order valence-electron chi connectivity index (χ0n) is 27.9. The predicted molar refractivity (Wildman–Crippen MR) is 182 cm³/mol. The largest absolute Gasteiger partial charge is 0.461 e. The average Bonchev–Trinajstić information content (AvgIpc) is 3.48. The van der Waals surface area contributed by atoms with Gasteiger partial charge in [0, 0.05) is 43.2 Å². The van der Waals surface area contributed by atoms with E-state index in [4.69, 9.17) is 4.74 Å². The minimum atomic E-state index is -0.666. The van der Waals surface area contributed by atoms with Crippen molar-refractivity contribution < 1.29 is 13.9 Å². The fourth-order valence-electron chi connectivity index (χ4n) is 6.07. The van der Waals surface area contributed by atoms with Crippen LogP contribution in [0.15, 0.2) is 70.5 Å². The Hall–Kier alpha value is -5.23. The number of nitrogens with zero attached hydrogens (tertiary/aromatic N) is 6. The van der Waals surface area contributed by atoms with Gasteiger partial charge in [-0.25, -0.2) is 14.1 Å². The van der Waals surface area contributed by atoms with Gasteiger partial charge in [-0.2, -0.15) is 14.9 Å². The molecule has 12 heteroatoms. The van der Waals surface area contributed by atoms with Gasteiger partial charge < -0.3 is 15.0 Å². The smallest absolute Gasteiger partial charge is 0.302 e. The summed E-state index contributed by atoms with van der Waals surface area (Å²) in [5.74, 6) is -0.271. The molecule has 2 aromatic carbocycles. The summed E-state index contributed by atoms with van der Waals surface area (Å²) in [6.07, 6.45) is 4.36. The lowest BCUT2D eigenvalue weighted by Gasteiger charge is -2.20. The highest BCUT2D eigenvalue weighted by Crippen LogP contribution is 2.31. The van der Waals surface area contributed by atoms with E-state index in [1.54, 1.807) is 30.3 Å². The third-order valence-corrected chi connectivity index (χ3v) is 8.76. The number of aromatic nitrogens is 5. The van der Waals surface area contributed by atoms with Gasteiger partial charge in [-0.05, 0) is 72.8 Å². The molecule has 0 unspecified atom stereocenters. The Labute approximate surface area is 277 Å². The second-order valence-corrected chi connectivity index (χ2v) is 13.3. The minimum absolute atomic E-state index is 0.105. The summed E-state index contributed by atoms with van der Waals surface area (Å²) < 4.78 is 23.2. The number of fused-ring (bicyclic) bond motifs is 1. The quantitative estimate of drug-likeness (QED) is 0.237. The number of nitrogens with one attached hydrogen (secondary N) is 1. The third-order valence-electron chi connectivity index (χ3n) is 8.76. The van der Waals surface area contributed by atoms with Gasteiger partial charge in [-0.3, -0.25) is 14.4 Å². The number of pyridine rings is 1. The first-order chi connectivity index (χ1) is 22.8. The van der Waals surface area contributed by atoms with E-state index in [1.807, 2.05) is 39.1 Å². The number of aryl methyl sites for hydroxylation is 1. The van der Waals surface area contributed by atoms with Crippen molar-refractivity contribution in [3.63, 3.8) is 0 Å². The van der Waals surface area contributed by atoms with Crippen molar-refractivity contribution in [2.75, 3.05) is 25.5 Å². The van der Waals surface area contributed by atoms with Gasteiger partial charge in [0.1, 0.15) is 23.9 Å². The van der Waals surface area contributed by atoms with Crippen LogP contribution < -0.4 is 16.4 Å². The van der Waals surface area contributed by atoms with E-state index in [0.717, 1.165) is 35.3 Å². The Kier molecular flexibility index (Phi) is 8.69. The molecule has 0 spiro atoms. The molecule has 0 aliphatic carbocycles. The van der Waals surface area contributed by atoms with Crippen molar-refractivity contribution in [1.29, 1.82) is 0 Å². The van der Waals surface area contributed by atoms with Crippen molar-refractivity contribution in [3.05, 3.63) is 104 Å². The number of halogens is 1. The number of hydrogen-bond donors (Lipinski definition) is 1. The Morgan fingerprint density at radius 3 is 2.52 bits per heavy atom. The normalized spacial score (nSPS) is 15.2. The van der Waals surface area contributed by atoms with Crippen LogP contribution in [-0.4, -0.2) is 55.6 Å². The zero-order chi connectivity index (χ0) is 34.3. The number of hydrogen-bond acceptors (Lipinski definition) is 9. The number of esters is 1. The van der Waals surface area contributed by atoms with Gasteiger partial charge in [-0.1, -0.05) is 39.0 Å². The maximum atomic E-state index is 15.5. The minimum Gasteiger partial charge on any atom is -0.461 e. The molecule has 48 heavy (non-hydrogen) atoms. The van der Waals surface area contributed by atoms with Gasteiger partial charge in [0.2, 0.25) is 0 Å². The standard InChI is InChI=1S/C36H38FN7O4/c1-21(45)48-20-27-26(8-7-9-31(27)44-35(47)33-24(18-39-44)14-25(15-28(33)37)36(2,3)4)29-16-30(34(46)43(6)41-29)40-32-11-10-22(17-38-32)23-12-13-42(5)19-23/h7-11,14-18,23H,12-13,19-20H2,1-6H3,(H,38,40)/t23-/m1/s1. The first-order valence-corrected chi connectivity index (χ1v) is 15.8. The van der Waals surface area contributed by atoms with Crippen molar-refractivity contribution in [2.45, 2.75) is 52.1 Å². The van der Waals surface area contributed by atoms with Crippen LogP contribution >= 0.6 is 0 Å². The van der Waals surface area contributed by atoms with E-state index in [0.29, 0.717) is 33.9 Å². The van der Waals surface area contributed by atoms with Crippen LogP contribution in [0.1, 0.15) is 56.7 Å². The van der Waals surface area contributed by atoms with Gasteiger partial charge in [-0.15, -0.1) is 0 Å². The summed E-state index contributed by atoms with van der Waals surface area (Å²) in [6, 6.07) is 13.7. The molecule has 0 amide bonds. The molecule has 1 fully saturated rings. The number of rotatable bonds is 7. The van der Waals surface area contributed by atoms with E-state index in [2.05, 4.69) is 32.4 Å². The molecular weight excluding hydrogens is 613 g/mol. The number of carbonyl (C=O) groups excluding carboxylic acids is 1. The van der Waals surface area contributed by atoms with Gasteiger partial charge in [0.15, 0.2) is 0 Å². The summed E-state index contributed by atoms with van der Waals surface area (Å²) in [7, 11) is 3.63. The monoisotopic (exact) mass is 651 g/mol. The second kappa shape index (κ2) is 12.8. The molecule has 6 rings (SSSR count). The lowest BCUT2D eigenvalue weighted by atomic mass is 9.86. The highest BCUT2D eigenvalue weighted by molar-refractivity contribution is 5.83. The Balaban J connectivity index is 1.43. The summed E-state index contributed by atoms with van der Waals surface area (Å²) >= 11 is 0. The number of anilines is 2. The van der Waals surface area contributed by atoms with Crippen LogP contribution in [-0.2, 0) is 28.6 Å². The predicted octanol–water partition coefficient (Wildman–Crippen LogP) is 5.20. The molecule has 1 aliphatic heterocycles. The van der Waals surface area contributed by atoms with E-state index in [9.17, 15) is 14.4 Å². The molecule has 1 N–H and O–H groups in total. The van der Waals surface area contributed by atoms with Crippen LogP contribution in [0.3, 0.4) is 0 Å². The molecule has 0 saturated carbocycles. The molecule has 248 valence electrons. The van der Waals surface area contributed by atoms with Crippen LogP contribution in [0.25, 0.3) is 27.7 Å². The number of benzene rings is 2. The molecule has 1 saturated heterocycles. The fraction of sp³-hybridized carbons (Fsp3) is 0.333. The molecule has 1 atom stereocenters. The molecule has 4 heterocycles. The maximum absolute atomic E-state index is 15.5. The first kappa shape index (κ1) is 32.7. The molecule has 1 aliphatic rings. The highest BCUT2D eigenvalue weighted by atomic mass is 19.1. The lowest BCUT2D eigenvalue weighted by molar-refractivity contribution is -0.142. The van der Waals surface area contributed by atoms with Gasteiger partial charge in [0.25, 0.3) is 11.1 Å². The first-order valence-electron chi connectivity index (χ1n) is 15.8. The Bertz CT molecular complexity index is 2150. The van der Waals surface area contributed by atoms with Crippen molar-refractivity contribution >= 4 is 28.2 Å². The molecule has 0 bridgehead atoms. The summed E-state index contributed by atoms with van der Waals surface area (Å²) in [5.41, 5.74) is 2.26. The van der Waals surface area contributed by atoms with Crippen molar-refractivity contribution in [1.82, 2.24) is 29.4 Å². The summed E-state index contributed by atoms with van der Waals surface area (Å²) in [5, 5.41) is 12.3. The molecule has 0 radical (unpaired) electrons. The molecular formula is C36H38FN7O4. The second-order valence-electron chi connectivity index (χ2n) is 13.3. The number of likely N-dealkylation sites (N-methyl/N-ethyl adjacent to an activating group) is 1.